The summed E-state index contributed by atoms with van der Waals surface area (Å²) >= 11 is 0. The van der Waals surface area contributed by atoms with Crippen LogP contribution >= 0.6 is 0 Å². The summed E-state index contributed by atoms with van der Waals surface area (Å²) < 4.78 is 8.89. The van der Waals surface area contributed by atoms with Gasteiger partial charge in [-0.2, -0.15) is 5.10 Å². The molecule has 0 N–H and O–H groups in total. The minimum absolute atomic E-state index is 0.179. The van der Waals surface area contributed by atoms with Crippen LogP contribution < -0.4 is 0 Å². The van der Waals surface area contributed by atoms with Crippen LogP contribution in [0.15, 0.2) is 29.0 Å². The van der Waals surface area contributed by atoms with E-state index in [-0.39, 0.29) is 5.91 Å². The van der Waals surface area contributed by atoms with Crippen molar-refractivity contribution in [1.29, 1.82) is 0 Å². The van der Waals surface area contributed by atoms with Gasteiger partial charge in [0, 0.05) is 19.8 Å². The minimum Gasteiger partial charge on any atom is -0.467 e. The number of carbonyl (C=O) groups excluding carboxylic acids is 1. The zero-order valence-corrected chi connectivity index (χ0v) is 14.3. The van der Waals surface area contributed by atoms with Gasteiger partial charge >= 0.3 is 0 Å². The molecule has 0 spiro atoms. The summed E-state index contributed by atoms with van der Waals surface area (Å²) in [6, 6.07) is 3.68. The summed E-state index contributed by atoms with van der Waals surface area (Å²) in [4.78, 5) is 14.6. The molecule has 0 saturated heterocycles. The molecule has 0 aliphatic heterocycles. The first-order valence-corrected chi connectivity index (χ1v) is 8.33. The topological polar surface area (TPSA) is 82.0 Å². The zero-order chi connectivity index (χ0) is 17.4. The number of aryl methyl sites for hydroxylation is 2. The van der Waals surface area contributed by atoms with Crippen LogP contribution in [0, 0.1) is 0 Å². The molecule has 0 unspecified atom stereocenters. The van der Waals surface area contributed by atoms with Gasteiger partial charge < -0.3 is 9.32 Å². The first kappa shape index (κ1) is 15.6. The van der Waals surface area contributed by atoms with E-state index < -0.39 is 0 Å². The number of amides is 1. The molecule has 8 heteroatoms. The Kier molecular flexibility index (Phi) is 3.87. The molecule has 0 fully saturated rings. The third-order valence-corrected chi connectivity index (χ3v) is 4.57. The fraction of sp³-hybridized carbons (Fsp3) is 0.412. The smallest absolute Gasteiger partial charge is 0.276 e. The van der Waals surface area contributed by atoms with Crippen LogP contribution in [0.4, 0.5) is 0 Å². The molecule has 1 aliphatic carbocycles. The van der Waals surface area contributed by atoms with Crippen molar-refractivity contribution in [3.8, 4) is 0 Å². The molecule has 0 radical (unpaired) electrons. The molecule has 4 rings (SSSR count). The average molecular weight is 340 g/mol. The number of carbonyl (C=O) groups is 1. The van der Waals surface area contributed by atoms with E-state index in [4.69, 9.17) is 4.42 Å². The van der Waals surface area contributed by atoms with Gasteiger partial charge in [-0.05, 0) is 37.0 Å². The maximum atomic E-state index is 12.9. The van der Waals surface area contributed by atoms with Gasteiger partial charge in [-0.1, -0.05) is 5.21 Å². The molecule has 130 valence electrons. The van der Waals surface area contributed by atoms with Gasteiger partial charge in [0.1, 0.15) is 5.76 Å². The number of rotatable bonds is 5. The quantitative estimate of drug-likeness (QED) is 0.702. The van der Waals surface area contributed by atoms with E-state index in [1.807, 2.05) is 23.9 Å². The third kappa shape index (κ3) is 2.95. The normalized spacial score (nSPS) is 13.2. The van der Waals surface area contributed by atoms with Crippen LogP contribution in [0.1, 0.15) is 39.6 Å². The Morgan fingerprint density at radius 1 is 1.32 bits per heavy atom. The maximum absolute atomic E-state index is 12.9. The summed E-state index contributed by atoms with van der Waals surface area (Å²) in [6.45, 7) is 0.799. The fourth-order valence-corrected chi connectivity index (χ4v) is 3.40. The van der Waals surface area contributed by atoms with Gasteiger partial charge in [-0.3, -0.25) is 14.2 Å². The van der Waals surface area contributed by atoms with Gasteiger partial charge in [0.15, 0.2) is 5.69 Å². The number of nitrogens with zero attached hydrogens (tertiary/aromatic N) is 6. The lowest BCUT2D eigenvalue weighted by atomic mass is 10.2. The molecule has 3 aromatic rings. The van der Waals surface area contributed by atoms with Crippen LogP contribution in [0.2, 0.25) is 0 Å². The summed E-state index contributed by atoms with van der Waals surface area (Å²) in [5.41, 5.74) is 3.83. The predicted octanol–water partition coefficient (Wildman–Crippen LogP) is 1.47. The van der Waals surface area contributed by atoms with Crippen LogP contribution in [0.25, 0.3) is 0 Å². The third-order valence-electron chi connectivity index (χ3n) is 4.57. The Balaban J connectivity index is 1.63. The van der Waals surface area contributed by atoms with Crippen molar-refractivity contribution >= 4 is 5.91 Å². The van der Waals surface area contributed by atoms with E-state index in [1.54, 1.807) is 24.4 Å². The van der Waals surface area contributed by atoms with Crippen molar-refractivity contribution in [3.05, 3.63) is 53.0 Å². The van der Waals surface area contributed by atoms with E-state index >= 15 is 0 Å². The number of fused-ring (bicyclic) bond motifs is 1. The predicted molar refractivity (Wildman–Crippen MR) is 88.5 cm³/mol. The average Bonchev–Trinajstić information content (AvgIpc) is 3.35. The number of hydrogen-bond donors (Lipinski definition) is 0. The molecular weight excluding hydrogens is 320 g/mol. The lowest BCUT2D eigenvalue weighted by Crippen LogP contribution is -2.31. The zero-order valence-electron chi connectivity index (χ0n) is 14.3. The molecule has 1 amide bonds. The Morgan fingerprint density at radius 3 is 2.92 bits per heavy atom. The van der Waals surface area contributed by atoms with Crippen LogP contribution in [-0.2, 0) is 40.0 Å². The molecule has 0 bridgehead atoms. The van der Waals surface area contributed by atoms with Crippen molar-refractivity contribution in [2.45, 2.75) is 32.4 Å². The van der Waals surface area contributed by atoms with E-state index in [1.165, 1.54) is 15.9 Å². The molecule has 0 atom stereocenters. The summed E-state index contributed by atoms with van der Waals surface area (Å²) in [5, 5.41) is 12.4. The number of aromatic nitrogens is 5. The number of hydrogen-bond acceptors (Lipinski definition) is 5. The van der Waals surface area contributed by atoms with Crippen LogP contribution in [-0.4, -0.2) is 35.6 Å². The molecule has 8 nitrogen and oxygen atoms in total. The highest BCUT2D eigenvalue weighted by atomic mass is 16.3. The van der Waals surface area contributed by atoms with Crippen LogP contribution in [0.5, 0.6) is 0 Å². The first-order chi connectivity index (χ1) is 12.1. The van der Waals surface area contributed by atoms with Crippen molar-refractivity contribution in [2.75, 3.05) is 0 Å². The Morgan fingerprint density at radius 2 is 2.20 bits per heavy atom. The van der Waals surface area contributed by atoms with Gasteiger partial charge in [0.25, 0.3) is 5.91 Å². The SMILES string of the molecule is Cn1cc(C(=O)N(Cc2ccco2)Cc2nn(C)c3c2CCC3)nn1. The molecule has 25 heavy (non-hydrogen) atoms. The highest BCUT2D eigenvalue weighted by Gasteiger charge is 2.26. The molecule has 3 heterocycles. The van der Waals surface area contributed by atoms with E-state index in [2.05, 4.69) is 15.4 Å². The molecule has 1 aliphatic rings. The van der Waals surface area contributed by atoms with E-state index in [9.17, 15) is 4.79 Å². The van der Waals surface area contributed by atoms with Gasteiger partial charge in [-0.15, -0.1) is 5.10 Å². The standard InChI is InChI=1S/C17H20N6O2/c1-21-10-15(18-20-21)17(24)23(9-12-5-4-8-25-12)11-14-13-6-3-7-16(13)22(2)19-14/h4-5,8,10H,3,6-7,9,11H2,1-2H3. The van der Waals surface area contributed by atoms with Crippen LogP contribution in [0.3, 0.4) is 0 Å². The Labute approximate surface area is 145 Å². The van der Waals surface area contributed by atoms with Gasteiger partial charge in [0.05, 0.1) is 31.2 Å². The summed E-state index contributed by atoms with van der Waals surface area (Å²) in [6.07, 6.45) is 6.45. The lowest BCUT2D eigenvalue weighted by Gasteiger charge is -2.20. The lowest BCUT2D eigenvalue weighted by molar-refractivity contribution is 0.0708. The van der Waals surface area contributed by atoms with Crippen molar-refractivity contribution in [1.82, 2.24) is 29.7 Å². The summed E-state index contributed by atoms with van der Waals surface area (Å²) in [7, 11) is 3.71. The van der Waals surface area contributed by atoms with Gasteiger partial charge in [-0.25, -0.2) is 0 Å². The van der Waals surface area contributed by atoms with Crippen molar-refractivity contribution < 1.29 is 9.21 Å². The second-order valence-electron chi connectivity index (χ2n) is 6.37. The minimum atomic E-state index is -0.179. The molecule has 0 saturated carbocycles. The summed E-state index contributed by atoms with van der Waals surface area (Å²) in [5.74, 6) is 0.548. The molecular formula is C17H20N6O2. The van der Waals surface area contributed by atoms with Gasteiger partial charge in [0.2, 0.25) is 0 Å². The van der Waals surface area contributed by atoms with Crippen molar-refractivity contribution in [2.24, 2.45) is 14.1 Å². The Bertz CT molecular complexity index is 893. The number of furan rings is 1. The second-order valence-corrected chi connectivity index (χ2v) is 6.37. The Hall–Kier alpha value is -2.90. The molecule has 3 aromatic heterocycles. The monoisotopic (exact) mass is 340 g/mol. The van der Waals surface area contributed by atoms with E-state index in [0.29, 0.717) is 18.8 Å². The maximum Gasteiger partial charge on any atom is 0.276 e. The highest BCUT2D eigenvalue weighted by molar-refractivity contribution is 5.91. The second kappa shape index (κ2) is 6.19. The molecule has 0 aromatic carbocycles. The fourth-order valence-electron chi connectivity index (χ4n) is 3.40. The first-order valence-electron chi connectivity index (χ1n) is 8.33. The van der Waals surface area contributed by atoms with Crippen molar-refractivity contribution in [3.63, 3.8) is 0 Å². The largest absolute Gasteiger partial charge is 0.467 e. The highest BCUT2D eigenvalue weighted by Crippen LogP contribution is 2.26. The van der Waals surface area contributed by atoms with E-state index in [0.717, 1.165) is 30.7 Å².